The van der Waals surface area contributed by atoms with Gasteiger partial charge in [0, 0.05) is 12.4 Å². The van der Waals surface area contributed by atoms with Crippen LogP contribution in [-0.2, 0) is 14.9 Å². The van der Waals surface area contributed by atoms with Crippen LogP contribution in [0.25, 0.3) is 11.6 Å². The summed E-state index contributed by atoms with van der Waals surface area (Å²) in [5, 5.41) is 3.78. The van der Waals surface area contributed by atoms with E-state index >= 15 is 0 Å². The van der Waals surface area contributed by atoms with E-state index in [4.69, 9.17) is 9.26 Å². The normalized spacial score (nSPS) is 11.3. The number of esters is 1. The number of carbonyl (C=O) groups excluding carboxylic acids is 1. The first-order valence-corrected chi connectivity index (χ1v) is 5.84. The minimum absolute atomic E-state index is 0.174. The molecule has 0 saturated carbocycles. The van der Waals surface area contributed by atoms with E-state index in [9.17, 15) is 4.79 Å². The molecule has 0 atom stereocenters. The van der Waals surface area contributed by atoms with Crippen molar-refractivity contribution in [3.8, 4) is 11.6 Å². The largest absolute Gasteiger partial charge is 0.465 e. The zero-order valence-corrected chi connectivity index (χ0v) is 11.0. The van der Waals surface area contributed by atoms with E-state index in [0.29, 0.717) is 12.4 Å². The molecule has 2 rings (SSSR count). The van der Waals surface area contributed by atoms with Gasteiger partial charge in [-0.1, -0.05) is 5.16 Å². The van der Waals surface area contributed by atoms with E-state index in [1.165, 1.54) is 0 Å². The SMILES string of the molecule is CCOC(=O)C(C)(C)c1nc(-c2ncccn2)no1. The monoisotopic (exact) mass is 262 g/mol. The maximum Gasteiger partial charge on any atom is 0.321 e. The molecule has 0 saturated heterocycles. The van der Waals surface area contributed by atoms with Gasteiger partial charge in [-0.3, -0.25) is 4.79 Å². The van der Waals surface area contributed by atoms with Gasteiger partial charge in [-0.2, -0.15) is 4.98 Å². The third kappa shape index (κ3) is 2.59. The summed E-state index contributed by atoms with van der Waals surface area (Å²) in [5.41, 5.74) is -1.00. The van der Waals surface area contributed by atoms with Gasteiger partial charge in [0.2, 0.25) is 17.5 Å². The molecule has 2 heterocycles. The van der Waals surface area contributed by atoms with Crippen LogP contribution in [0.3, 0.4) is 0 Å². The van der Waals surface area contributed by atoms with Crippen LogP contribution < -0.4 is 0 Å². The molecule has 0 fully saturated rings. The predicted octanol–water partition coefficient (Wildman–Crippen LogP) is 1.37. The van der Waals surface area contributed by atoms with Crippen LogP contribution in [0, 0.1) is 0 Å². The van der Waals surface area contributed by atoms with Crippen LogP contribution >= 0.6 is 0 Å². The molecule has 0 unspecified atom stereocenters. The lowest BCUT2D eigenvalue weighted by Crippen LogP contribution is -2.31. The van der Waals surface area contributed by atoms with Crippen molar-refractivity contribution in [3.05, 3.63) is 24.4 Å². The molecular formula is C12H14N4O3. The Bertz CT molecular complexity index is 565. The highest BCUT2D eigenvalue weighted by molar-refractivity contribution is 5.80. The molecule has 0 aromatic carbocycles. The average molecular weight is 262 g/mol. The Hall–Kier alpha value is -2.31. The Morgan fingerprint density at radius 3 is 2.63 bits per heavy atom. The van der Waals surface area contributed by atoms with Gasteiger partial charge in [0.25, 0.3) is 0 Å². The Morgan fingerprint density at radius 2 is 2.00 bits per heavy atom. The predicted molar refractivity (Wildman–Crippen MR) is 65.0 cm³/mol. The zero-order chi connectivity index (χ0) is 13.9. The van der Waals surface area contributed by atoms with Crippen molar-refractivity contribution < 1.29 is 14.1 Å². The number of nitrogens with zero attached hydrogens (tertiary/aromatic N) is 4. The van der Waals surface area contributed by atoms with Gasteiger partial charge in [0.1, 0.15) is 5.41 Å². The summed E-state index contributed by atoms with van der Waals surface area (Å²) < 4.78 is 10.1. The lowest BCUT2D eigenvalue weighted by Gasteiger charge is -2.16. The van der Waals surface area contributed by atoms with E-state index in [-0.39, 0.29) is 11.7 Å². The van der Waals surface area contributed by atoms with E-state index in [1.807, 2.05) is 0 Å². The second-order valence-electron chi connectivity index (χ2n) is 4.34. The standard InChI is InChI=1S/C12H14N4O3/c1-4-18-11(17)12(2,3)10-15-9(16-19-10)8-13-6-5-7-14-8/h5-7H,4H2,1-3H3. The Labute approximate surface area is 110 Å². The number of ether oxygens (including phenoxy) is 1. The summed E-state index contributed by atoms with van der Waals surface area (Å²) in [6.07, 6.45) is 3.16. The summed E-state index contributed by atoms with van der Waals surface area (Å²) in [4.78, 5) is 24.0. The lowest BCUT2D eigenvalue weighted by atomic mass is 9.94. The molecule has 0 aliphatic heterocycles. The molecule has 7 heteroatoms. The van der Waals surface area contributed by atoms with Crippen LogP contribution in [0.2, 0.25) is 0 Å². The summed E-state index contributed by atoms with van der Waals surface area (Å²) >= 11 is 0. The Balaban J connectivity index is 2.28. The first-order valence-electron chi connectivity index (χ1n) is 5.84. The molecular weight excluding hydrogens is 248 g/mol. The summed E-state index contributed by atoms with van der Waals surface area (Å²) in [7, 11) is 0. The zero-order valence-electron chi connectivity index (χ0n) is 11.0. The fourth-order valence-electron chi connectivity index (χ4n) is 1.38. The Morgan fingerprint density at radius 1 is 1.32 bits per heavy atom. The minimum atomic E-state index is -1.00. The summed E-state index contributed by atoms with van der Waals surface area (Å²) in [5.74, 6) is 0.345. The molecule has 0 bridgehead atoms. The third-order valence-electron chi connectivity index (χ3n) is 2.51. The van der Waals surface area contributed by atoms with Crippen molar-refractivity contribution in [3.63, 3.8) is 0 Å². The molecule has 19 heavy (non-hydrogen) atoms. The fourth-order valence-corrected chi connectivity index (χ4v) is 1.38. The van der Waals surface area contributed by atoms with Gasteiger partial charge in [-0.05, 0) is 26.8 Å². The number of aromatic nitrogens is 4. The van der Waals surface area contributed by atoms with Crippen molar-refractivity contribution in [2.24, 2.45) is 0 Å². The van der Waals surface area contributed by atoms with Crippen molar-refractivity contribution in [2.45, 2.75) is 26.2 Å². The van der Waals surface area contributed by atoms with E-state index in [2.05, 4.69) is 20.1 Å². The molecule has 7 nitrogen and oxygen atoms in total. The van der Waals surface area contributed by atoms with Gasteiger partial charge >= 0.3 is 5.97 Å². The average Bonchev–Trinajstić information content (AvgIpc) is 2.90. The van der Waals surface area contributed by atoms with Crippen LogP contribution in [0.5, 0.6) is 0 Å². The van der Waals surface area contributed by atoms with Crippen LogP contribution in [0.15, 0.2) is 23.0 Å². The second kappa shape index (κ2) is 5.13. The topological polar surface area (TPSA) is 91.0 Å². The second-order valence-corrected chi connectivity index (χ2v) is 4.34. The lowest BCUT2D eigenvalue weighted by molar-refractivity contribution is -0.149. The molecule has 2 aromatic rings. The summed E-state index contributed by atoms with van der Waals surface area (Å²) in [6.45, 7) is 5.36. The van der Waals surface area contributed by atoms with E-state index < -0.39 is 11.4 Å². The van der Waals surface area contributed by atoms with E-state index in [1.54, 1.807) is 39.2 Å². The highest BCUT2D eigenvalue weighted by Gasteiger charge is 2.37. The molecule has 0 spiro atoms. The molecule has 0 radical (unpaired) electrons. The van der Waals surface area contributed by atoms with Gasteiger partial charge in [0.15, 0.2) is 0 Å². The van der Waals surface area contributed by atoms with Gasteiger partial charge in [0.05, 0.1) is 6.61 Å². The van der Waals surface area contributed by atoms with Crippen molar-refractivity contribution in [2.75, 3.05) is 6.61 Å². The van der Waals surface area contributed by atoms with Gasteiger partial charge < -0.3 is 9.26 Å². The smallest absolute Gasteiger partial charge is 0.321 e. The molecule has 100 valence electrons. The van der Waals surface area contributed by atoms with Crippen molar-refractivity contribution in [1.82, 2.24) is 20.1 Å². The number of rotatable bonds is 4. The number of carbonyl (C=O) groups is 1. The molecule has 0 N–H and O–H groups in total. The van der Waals surface area contributed by atoms with E-state index in [0.717, 1.165) is 0 Å². The van der Waals surface area contributed by atoms with Crippen molar-refractivity contribution >= 4 is 5.97 Å². The van der Waals surface area contributed by atoms with Crippen LogP contribution in [0.4, 0.5) is 0 Å². The van der Waals surface area contributed by atoms with Crippen molar-refractivity contribution in [1.29, 1.82) is 0 Å². The first-order chi connectivity index (χ1) is 9.05. The molecule has 0 aliphatic rings. The number of hydrogen-bond donors (Lipinski definition) is 0. The maximum atomic E-state index is 11.8. The van der Waals surface area contributed by atoms with Gasteiger partial charge in [-0.25, -0.2) is 9.97 Å². The molecule has 0 amide bonds. The summed E-state index contributed by atoms with van der Waals surface area (Å²) in [6, 6.07) is 1.69. The highest BCUT2D eigenvalue weighted by Crippen LogP contribution is 2.24. The Kier molecular flexibility index (Phi) is 3.55. The number of hydrogen-bond acceptors (Lipinski definition) is 7. The molecule has 2 aromatic heterocycles. The van der Waals surface area contributed by atoms with Crippen LogP contribution in [0.1, 0.15) is 26.7 Å². The molecule has 0 aliphatic carbocycles. The quantitative estimate of drug-likeness (QED) is 0.768. The van der Waals surface area contributed by atoms with Gasteiger partial charge in [-0.15, -0.1) is 0 Å². The minimum Gasteiger partial charge on any atom is -0.465 e. The van der Waals surface area contributed by atoms with Crippen LogP contribution in [-0.4, -0.2) is 32.7 Å². The third-order valence-corrected chi connectivity index (χ3v) is 2.51. The first kappa shape index (κ1) is 13.1. The fraction of sp³-hybridized carbons (Fsp3) is 0.417. The maximum absolute atomic E-state index is 11.8. The highest BCUT2D eigenvalue weighted by atomic mass is 16.5.